The van der Waals surface area contributed by atoms with E-state index in [4.69, 9.17) is 22.2 Å². The van der Waals surface area contributed by atoms with Crippen molar-refractivity contribution in [1.82, 2.24) is 15.2 Å². The van der Waals surface area contributed by atoms with Gasteiger partial charge in [-0.25, -0.2) is 0 Å². The minimum Gasteiger partial charge on any atom is -0.382 e. The molecule has 0 aliphatic rings. The third kappa shape index (κ3) is 3.68. The number of nitrogens with zero attached hydrogens (tertiary/aromatic N) is 2. The van der Waals surface area contributed by atoms with Gasteiger partial charge in [-0.1, -0.05) is 18.5 Å². The minimum absolute atomic E-state index is 0.123. The number of nitrogens with one attached hydrogen (secondary N) is 1. The molecule has 0 fully saturated rings. The number of nitrogens with two attached hydrogens (primary N) is 1. The Bertz CT molecular complexity index is 380. The second-order valence-electron chi connectivity index (χ2n) is 4.53. The van der Waals surface area contributed by atoms with Crippen LogP contribution in [-0.4, -0.2) is 29.0 Å². The lowest BCUT2D eigenvalue weighted by atomic mass is 10.0. The fraction of sp³-hybridized carbons (Fsp3) is 0.750. The number of halogens is 1. The molecule has 1 aromatic rings. The first kappa shape index (κ1) is 15.4. The maximum absolute atomic E-state index is 6.32. The average molecular weight is 275 g/mol. The highest BCUT2D eigenvalue weighted by Crippen LogP contribution is 2.22. The van der Waals surface area contributed by atoms with Crippen molar-refractivity contribution in [1.29, 1.82) is 0 Å². The monoisotopic (exact) mass is 274 g/mol. The molecular weight excluding hydrogens is 252 g/mol. The first-order chi connectivity index (χ1) is 8.53. The van der Waals surface area contributed by atoms with Gasteiger partial charge in [0.1, 0.15) is 0 Å². The summed E-state index contributed by atoms with van der Waals surface area (Å²) in [5.41, 5.74) is 4.77. The summed E-state index contributed by atoms with van der Waals surface area (Å²) >= 11 is 6.32. The molecule has 3 N–H and O–H groups in total. The van der Waals surface area contributed by atoms with E-state index in [1.165, 1.54) is 0 Å². The molecule has 2 unspecified atom stereocenters. The third-order valence-electron chi connectivity index (χ3n) is 3.20. The van der Waals surface area contributed by atoms with Crippen molar-refractivity contribution in [3.63, 3.8) is 0 Å². The highest BCUT2D eigenvalue weighted by Gasteiger charge is 2.19. The Morgan fingerprint density at radius 2 is 2.22 bits per heavy atom. The summed E-state index contributed by atoms with van der Waals surface area (Å²) in [7, 11) is 3.61. The largest absolute Gasteiger partial charge is 0.382 e. The Morgan fingerprint density at radius 3 is 2.67 bits per heavy atom. The van der Waals surface area contributed by atoms with Crippen LogP contribution < -0.4 is 11.3 Å². The van der Waals surface area contributed by atoms with Crippen molar-refractivity contribution in [2.45, 2.75) is 45.3 Å². The maximum atomic E-state index is 6.32. The van der Waals surface area contributed by atoms with Crippen LogP contribution in [0, 0.1) is 0 Å². The number of aromatic nitrogens is 2. The van der Waals surface area contributed by atoms with E-state index >= 15 is 0 Å². The summed E-state index contributed by atoms with van der Waals surface area (Å²) in [6.07, 6.45) is 2.56. The van der Waals surface area contributed by atoms with Gasteiger partial charge >= 0.3 is 0 Å². The molecule has 6 heteroatoms. The van der Waals surface area contributed by atoms with Crippen molar-refractivity contribution >= 4 is 11.6 Å². The molecule has 104 valence electrons. The zero-order chi connectivity index (χ0) is 13.7. The van der Waals surface area contributed by atoms with Crippen LogP contribution >= 0.6 is 11.6 Å². The van der Waals surface area contributed by atoms with E-state index in [9.17, 15) is 0 Å². The van der Waals surface area contributed by atoms with Gasteiger partial charge in [-0.05, 0) is 19.8 Å². The van der Waals surface area contributed by atoms with Gasteiger partial charge in [0.2, 0.25) is 0 Å². The van der Waals surface area contributed by atoms with E-state index in [0.717, 1.165) is 35.7 Å². The van der Waals surface area contributed by atoms with E-state index in [1.54, 1.807) is 7.11 Å². The molecule has 5 nitrogen and oxygen atoms in total. The van der Waals surface area contributed by atoms with E-state index < -0.39 is 0 Å². The Labute approximate surface area is 114 Å². The topological polar surface area (TPSA) is 65.1 Å². The van der Waals surface area contributed by atoms with Gasteiger partial charge in [0, 0.05) is 26.6 Å². The van der Waals surface area contributed by atoms with Gasteiger partial charge in [-0.15, -0.1) is 0 Å². The Kier molecular flexibility index (Phi) is 6.08. The van der Waals surface area contributed by atoms with Gasteiger partial charge in [0.25, 0.3) is 0 Å². The maximum Gasteiger partial charge on any atom is 0.0850 e. The standard InChI is InChI=1S/C12H23ClN4O/c1-5-10-12(13)11(17(3)16-10)7-9(15-14)6-8(2)18-4/h8-9,15H,5-7,14H2,1-4H3. The van der Waals surface area contributed by atoms with E-state index in [1.807, 2.05) is 25.6 Å². The summed E-state index contributed by atoms with van der Waals surface area (Å²) in [6.45, 7) is 4.07. The van der Waals surface area contributed by atoms with Gasteiger partial charge < -0.3 is 4.74 Å². The molecule has 0 aliphatic carbocycles. The summed E-state index contributed by atoms with van der Waals surface area (Å²) in [4.78, 5) is 0. The number of hydrogen-bond donors (Lipinski definition) is 2. The van der Waals surface area contributed by atoms with Crippen LogP contribution in [0.25, 0.3) is 0 Å². The third-order valence-corrected chi connectivity index (χ3v) is 3.63. The summed E-state index contributed by atoms with van der Waals surface area (Å²) < 4.78 is 7.09. The molecule has 1 heterocycles. The van der Waals surface area contributed by atoms with Crippen molar-refractivity contribution in [2.24, 2.45) is 12.9 Å². The number of hydrazine groups is 1. The van der Waals surface area contributed by atoms with E-state index in [0.29, 0.717) is 0 Å². The Morgan fingerprint density at radius 1 is 1.56 bits per heavy atom. The molecule has 0 aliphatic heterocycles. The second kappa shape index (κ2) is 7.09. The lowest BCUT2D eigenvalue weighted by Gasteiger charge is -2.19. The average Bonchev–Trinajstić information content (AvgIpc) is 2.64. The lowest BCUT2D eigenvalue weighted by molar-refractivity contribution is 0.100. The van der Waals surface area contributed by atoms with Gasteiger partial charge in [0.05, 0.1) is 22.5 Å². The normalized spacial score (nSPS) is 14.8. The number of rotatable bonds is 7. The number of aryl methyl sites for hydroxylation is 2. The fourth-order valence-corrected chi connectivity index (χ4v) is 2.35. The number of hydrogen-bond acceptors (Lipinski definition) is 4. The predicted molar refractivity (Wildman–Crippen MR) is 73.5 cm³/mol. The molecule has 0 saturated carbocycles. The molecule has 2 atom stereocenters. The number of ether oxygens (including phenoxy) is 1. The van der Waals surface area contributed by atoms with Gasteiger partial charge in [-0.2, -0.15) is 5.10 Å². The first-order valence-electron chi connectivity index (χ1n) is 6.22. The molecular formula is C12H23ClN4O. The quantitative estimate of drug-likeness (QED) is 0.583. The van der Waals surface area contributed by atoms with Crippen LogP contribution in [0.3, 0.4) is 0 Å². The van der Waals surface area contributed by atoms with E-state index in [2.05, 4.69) is 10.5 Å². The van der Waals surface area contributed by atoms with Crippen molar-refractivity contribution in [2.75, 3.05) is 7.11 Å². The molecule has 0 amide bonds. The van der Waals surface area contributed by atoms with Crippen LogP contribution in [0.15, 0.2) is 0 Å². The van der Waals surface area contributed by atoms with Crippen LogP contribution in [-0.2, 0) is 24.6 Å². The molecule has 1 rings (SSSR count). The van der Waals surface area contributed by atoms with Crippen LogP contribution in [0.2, 0.25) is 5.02 Å². The number of methoxy groups -OCH3 is 1. The van der Waals surface area contributed by atoms with Crippen molar-refractivity contribution < 1.29 is 4.74 Å². The zero-order valence-electron chi connectivity index (χ0n) is 11.5. The highest BCUT2D eigenvalue weighted by molar-refractivity contribution is 6.31. The molecule has 0 spiro atoms. The summed E-state index contributed by atoms with van der Waals surface area (Å²) in [6, 6.07) is 0.123. The molecule has 0 aromatic carbocycles. The van der Waals surface area contributed by atoms with Gasteiger partial charge in [0.15, 0.2) is 0 Å². The molecule has 0 bridgehead atoms. The zero-order valence-corrected chi connectivity index (χ0v) is 12.3. The summed E-state index contributed by atoms with van der Waals surface area (Å²) in [5.74, 6) is 5.58. The molecule has 1 aromatic heterocycles. The smallest absolute Gasteiger partial charge is 0.0850 e. The van der Waals surface area contributed by atoms with Crippen molar-refractivity contribution in [3.8, 4) is 0 Å². The molecule has 0 radical (unpaired) electrons. The molecule has 0 saturated heterocycles. The van der Waals surface area contributed by atoms with Gasteiger partial charge in [-0.3, -0.25) is 16.0 Å². The van der Waals surface area contributed by atoms with Crippen LogP contribution in [0.5, 0.6) is 0 Å². The van der Waals surface area contributed by atoms with E-state index in [-0.39, 0.29) is 12.1 Å². The second-order valence-corrected chi connectivity index (χ2v) is 4.91. The first-order valence-corrected chi connectivity index (χ1v) is 6.60. The van der Waals surface area contributed by atoms with Crippen molar-refractivity contribution in [3.05, 3.63) is 16.4 Å². The summed E-state index contributed by atoms with van der Waals surface area (Å²) in [5, 5.41) is 5.16. The predicted octanol–water partition coefficient (Wildman–Crippen LogP) is 1.44. The SMILES string of the molecule is CCc1nn(C)c(CC(CC(C)OC)NN)c1Cl. The van der Waals surface area contributed by atoms with Crippen LogP contribution in [0.4, 0.5) is 0 Å². The van der Waals surface area contributed by atoms with Crippen LogP contribution in [0.1, 0.15) is 31.7 Å². The lowest BCUT2D eigenvalue weighted by Crippen LogP contribution is -2.39. The fourth-order valence-electron chi connectivity index (χ4n) is 1.98. The minimum atomic E-state index is 0.123. The Balaban J connectivity index is 2.78. The Hall–Kier alpha value is -0.620. The highest BCUT2D eigenvalue weighted by atomic mass is 35.5. The molecule has 18 heavy (non-hydrogen) atoms.